The van der Waals surface area contributed by atoms with Crippen molar-refractivity contribution in [3.05, 3.63) is 29.8 Å². The summed E-state index contributed by atoms with van der Waals surface area (Å²) in [5.74, 6) is 0.0873. The van der Waals surface area contributed by atoms with Crippen molar-refractivity contribution in [2.75, 3.05) is 25.6 Å². The molecule has 1 unspecified atom stereocenters. The van der Waals surface area contributed by atoms with E-state index in [0.717, 1.165) is 30.6 Å². The fourth-order valence-corrected chi connectivity index (χ4v) is 2.43. The number of para-hydroxylation sites is 1. The number of nitrogens with one attached hydrogen (secondary N) is 2. The molecule has 1 aromatic rings. The van der Waals surface area contributed by atoms with Crippen LogP contribution in [0.3, 0.4) is 0 Å². The highest BCUT2D eigenvalue weighted by atomic mass is 16.5. The quantitative estimate of drug-likeness (QED) is 0.824. The Bertz CT molecular complexity index is 414. The van der Waals surface area contributed by atoms with Crippen molar-refractivity contribution < 1.29 is 9.53 Å². The second kappa shape index (κ2) is 7.26. The molecule has 19 heavy (non-hydrogen) atoms. The number of hydrogen-bond donors (Lipinski definition) is 2. The van der Waals surface area contributed by atoms with Crippen LogP contribution < -0.4 is 10.6 Å². The van der Waals surface area contributed by atoms with Crippen molar-refractivity contribution >= 4 is 11.6 Å². The monoisotopic (exact) mass is 262 g/mol. The molecule has 0 aromatic heterocycles. The Morgan fingerprint density at radius 2 is 2.32 bits per heavy atom. The average Bonchev–Trinajstić information content (AvgIpc) is 2.90. The lowest BCUT2D eigenvalue weighted by Gasteiger charge is -2.13. The van der Waals surface area contributed by atoms with Gasteiger partial charge in [0.05, 0.1) is 6.61 Å². The minimum absolute atomic E-state index is 0.0873. The smallest absolute Gasteiger partial charge is 0.225 e. The molecule has 0 radical (unpaired) electrons. The third-order valence-corrected chi connectivity index (χ3v) is 3.46. The van der Waals surface area contributed by atoms with Gasteiger partial charge in [-0.25, -0.2) is 0 Å². The van der Waals surface area contributed by atoms with Gasteiger partial charge in [-0.2, -0.15) is 0 Å². The molecule has 1 heterocycles. The number of rotatable bonds is 6. The Hall–Kier alpha value is -1.39. The lowest BCUT2D eigenvalue weighted by atomic mass is 10.1. The van der Waals surface area contributed by atoms with E-state index in [4.69, 9.17) is 4.74 Å². The molecule has 1 amide bonds. The second-order valence-electron chi connectivity index (χ2n) is 4.95. The van der Waals surface area contributed by atoms with Crippen LogP contribution in [0.1, 0.15) is 24.8 Å². The second-order valence-corrected chi connectivity index (χ2v) is 4.95. The summed E-state index contributed by atoms with van der Waals surface area (Å²) in [6.07, 6.45) is 3.63. The van der Waals surface area contributed by atoms with Crippen LogP contribution in [0.5, 0.6) is 0 Å². The molecule has 2 rings (SSSR count). The fraction of sp³-hybridized carbons (Fsp3) is 0.533. The molecule has 0 spiro atoms. The summed E-state index contributed by atoms with van der Waals surface area (Å²) in [6.45, 7) is 1.69. The largest absolute Gasteiger partial charge is 0.384 e. The maximum Gasteiger partial charge on any atom is 0.225 e. The molecule has 0 saturated carbocycles. The summed E-state index contributed by atoms with van der Waals surface area (Å²) in [4.78, 5) is 12.0. The standard InChI is InChI=1S/C15H22N2O2/c1-19-10-8-12-5-2-3-7-14(12)17-15(18)11-13-6-4-9-16-13/h2-3,5,7,13,16H,4,6,8-11H2,1H3,(H,17,18). The highest BCUT2D eigenvalue weighted by Gasteiger charge is 2.18. The van der Waals surface area contributed by atoms with Crippen LogP contribution in [0.15, 0.2) is 24.3 Å². The fourth-order valence-electron chi connectivity index (χ4n) is 2.43. The lowest BCUT2D eigenvalue weighted by Crippen LogP contribution is -2.27. The first-order chi connectivity index (χ1) is 9.29. The average molecular weight is 262 g/mol. The summed E-state index contributed by atoms with van der Waals surface area (Å²) in [7, 11) is 1.69. The van der Waals surface area contributed by atoms with Crippen molar-refractivity contribution in [2.24, 2.45) is 0 Å². The number of hydrogen-bond acceptors (Lipinski definition) is 3. The first-order valence-electron chi connectivity index (χ1n) is 6.89. The van der Waals surface area contributed by atoms with Gasteiger partial charge in [-0.15, -0.1) is 0 Å². The molecule has 104 valence electrons. The van der Waals surface area contributed by atoms with E-state index in [-0.39, 0.29) is 5.91 Å². The molecule has 1 aliphatic rings. The van der Waals surface area contributed by atoms with Crippen LogP contribution >= 0.6 is 0 Å². The van der Waals surface area contributed by atoms with E-state index < -0.39 is 0 Å². The van der Waals surface area contributed by atoms with E-state index in [1.807, 2.05) is 24.3 Å². The Morgan fingerprint density at radius 1 is 1.47 bits per heavy atom. The van der Waals surface area contributed by atoms with Crippen LogP contribution in [-0.2, 0) is 16.0 Å². The zero-order chi connectivity index (χ0) is 13.5. The topological polar surface area (TPSA) is 50.4 Å². The van der Waals surface area contributed by atoms with E-state index in [0.29, 0.717) is 19.1 Å². The Labute approximate surface area is 114 Å². The van der Waals surface area contributed by atoms with Crippen LogP contribution in [0.4, 0.5) is 5.69 Å². The number of benzene rings is 1. The van der Waals surface area contributed by atoms with E-state index in [9.17, 15) is 4.79 Å². The highest BCUT2D eigenvalue weighted by molar-refractivity contribution is 5.91. The number of anilines is 1. The maximum absolute atomic E-state index is 12.0. The van der Waals surface area contributed by atoms with Gasteiger partial charge >= 0.3 is 0 Å². The van der Waals surface area contributed by atoms with E-state index in [2.05, 4.69) is 10.6 Å². The van der Waals surface area contributed by atoms with Gasteiger partial charge in [-0.1, -0.05) is 18.2 Å². The summed E-state index contributed by atoms with van der Waals surface area (Å²) >= 11 is 0. The van der Waals surface area contributed by atoms with Crippen LogP contribution in [0.25, 0.3) is 0 Å². The van der Waals surface area contributed by atoms with Gasteiger partial charge in [0.25, 0.3) is 0 Å². The van der Waals surface area contributed by atoms with E-state index in [1.54, 1.807) is 7.11 Å². The first kappa shape index (κ1) is 14.0. The molecule has 0 bridgehead atoms. The Balaban J connectivity index is 1.91. The number of methoxy groups -OCH3 is 1. The SMILES string of the molecule is COCCc1ccccc1NC(=O)CC1CCCN1. The molecule has 4 heteroatoms. The van der Waals surface area contributed by atoms with Gasteiger partial charge in [0.2, 0.25) is 5.91 Å². The molecule has 1 saturated heterocycles. The molecular weight excluding hydrogens is 240 g/mol. The van der Waals surface area contributed by atoms with Crippen molar-refractivity contribution in [3.8, 4) is 0 Å². The third kappa shape index (κ3) is 4.33. The predicted octanol–water partition coefficient (Wildman–Crippen LogP) is 1.96. The van der Waals surface area contributed by atoms with Gasteiger partial charge in [-0.3, -0.25) is 4.79 Å². The van der Waals surface area contributed by atoms with Gasteiger partial charge in [0.15, 0.2) is 0 Å². The maximum atomic E-state index is 12.0. The summed E-state index contributed by atoms with van der Waals surface area (Å²) in [5.41, 5.74) is 2.03. The van der Waals surface area contributed by atoms with Crippen molar-refractivity contribution in [2.45, 2.75) is 31.7 Å². The van der Waals surface area contributed by atoms with E-state index >= 15 is 0 Å². The van der Waals surface area contributed by atoms with Gasteiger partial charge in [0, 0.05) is 25.3 Å². The Morgan fingerprint density at radius 3 is 3.05 bits per heavy atom. The third-order valence-electron chi connectivity index (χ3n) is 3.46. The van der Waals surface area contributed by atoms with Crippen LogP contribution in [0, 0.1) is 0 Å². The number of carbonyl (C=O) groups is 1. The van der Waals surface area contributed by atoms with Crippen molar-refractivity contribution in [1.82, 2.24) is 5.32 Å². The van der Waals surface area contributed by atoms with Gasteiger partial charge in [-0.05, 0) is 37.4 Å². The molecular formula is C15H22N2O2. The molecule has 1 fully saturated rings. The van der Waals surface area contributed by atoms with Crippen LogP contribution in [-0.4, -0.2) is 32.2 Å². The molecule has 1 atom stereocenters. The van der Waals surface area contributed by atoms with Crippen molar-refractivity contribution in [1.29, 1.82) is 0 Å². The molecule has 4 nitrogen and oxygen atoms in total. The molecule has 1 aliphatic heterocycles. The molecule has 1 aromatic carbocycles. The zero-order valence-corrected chi connectivity index (χ0v) is 11.4. The Kier molecular flexibility index (Phi) is 5.36. The summed E-state index contributed by atoms with van der Waals surface area (Å²) < 4.78 is 5.09. The summed E-state index contributed by atoms with van der Waals surface area (Å²) in [5, 5.41) is 6.35. The minimum Gasteiger partial charge on any atom is -0.384 e. The van der Waals surface area contributed by atoms with Gasteiger partial charge in [0.1, 0.15) is 0 Å². The predicted molar refractivity (Wildman–Crippen MR) is 76.3 cm³/mol. The normalized spacial score (nSPS) is 18.5. The van der Waals surface area contributed by atoms with E-state index in [1.165, 1.54) is 6.42 Å². The zero-order valence-electron chi connectivity index (χ0n) is 11.4. The van der Waals surface area contributed by atoms with Crippen LogP contribution in [0.2, 0.25) is 0 Å². The highest BCUT2D eigenvalue weighted by Crippen LogP contribution is 2.17. The number of amides is 1. The van der Waals surface area contributed by atoms with Gasteiger partial charge < -0.3 is 15.4 Å². The lowest BCUT2D eigenvalue weighted by molar-refractivity contribution is -0.116. The molecule has 2 N–H and O–H groups in total. The number of carbonyl (C=O) groups excluding carboxylic acids is 1. The number of ether oxygens (including phenoxy) is 1. The minimum atomic E-state index is 0.0873. The molecule has 0 aliphatic carbocycles. The van der Waals surface area contributed by atoms with Crippen molar-refractivity contribution in [3.63, 3.8) is 0 Å². The summed E-state index contributed by atoms with van der Waals surface area (Å²) in [6, 6.07) is 8.25. The first-order valence-corrected chi connectivity index (χ1v) is 6.89.